The van der Waals surface area contributed by atoms with Gasteiger partial charge in [0.15, 0.2) is 5.58 Å². The van der Waals surface area contributed by atoms with Crippen LogP contribution in [0.1, 0.15) is 36.8 Å². The summed E-state index contributed by atoms with van der Waals surface area (Å²) in [6.07, 6.45) is -0.509. The predicted molar refractivity (Wildman–Crippen MR) is 132 cm³/mol. The van der Waals surface area contributed by atoms with Gasteiger partial charge in [-0.1, -0.05) is 42.5 Å². The Hall–Kier alpha value is -3.80. The molecule has 1 N–H and O–H groups in total. The van der Waals surface area contributed by atoms with Crippen LogP contribution in [0.3, 0.4) is 0 Å². The lowest BCUT2D eigenvalue weighted by Gasteiger charge is -2.22. The van der Waals surface area contributed by atoms with Gasteiger partial charge < -0.3 is 14.1 Å². The van der Waals surface area contributed by atoms with Gasteiger partial charge in [-0.15, -0.1) is 0 Å². The highest BCUT2D eigenvalue weighted by atomic mass is 16.5. The molecule has 0 spiro atoms. The number of benzene rings is 3. The van der Waals surface area contributed by atoms with E-state index in [2.05, 4.69) is 35.1 Å². The molecule has 0 radical (unpaired) electrons. The molecule has 1 aromatic heterocycles. The molecule has 0 aliphatic carbocycles. The van der Waals surface area contributed by atoms with Crippen molar-refractivity contribution in [1.82, 2.24) is 4.98 Å². The van der Waals surface area contributed by atoms with Gasteiger partial charge in [0.25, 0.3) is 0 Å². The van der Waals surface area contributed by atoms with Crippen molar-refractivity contribution in [2.24, 2.45) is 0 Å². The standard InChI is InChI=1S/C27H29N3O3/c1-4-30(5-2)21-15-16-23(19(3)17-21)29-27(31)32-18-22(20-11-7-6-8-12-20)26-28-24-13-9-10-14-25(24)33-26/h6-17,22H,4-5,18H2,1-3H3,(H,29,31). The summed E-state index contributed by atoms with van der Waals surface area (Å²) in [6.45, 7) is 8.21. The van der Waals surface area contributed by atoms with Crippen molar-refractivity contribution in [3.8, 4) is 0 Å². The third kappa shape index (κ3) is 5.17. The van der Waals surface area contributed by atoms with Crippen molar-refractivity contribution >= 4 is 28.6 Å². The van der Waals surface area contributed by atoms with Gasteiger partial charge in [-0.25, -0.2) is 9.78 Å². The molecule has 1 atom stereocenters. The fraction of sp³-hybridized carbons (Fsp3) is 0.259. The van der Waals surface area contributed by atoms with E-state index >= 15 is 0 Å². The van der Waals surface area contributed by atoms with E-state index in [-0.39, 0.29) is 12.5 Å². The molecule has 0 aliphatic rings. The van der Waals surface area contributed by atoms with Crippen LogP contribution in [0.25, 0.3) is 11.1 Å². The molecule has 170 valence electrons. The summed E-state index contributed by atoms with van der Waals surface area (Å²) < 4.78 is 11.6. The van der Waals surface area contributed by atoms with Crippen molar-refractivity contribution in [2.45, 2.75) is 26.7 Å². The molecule has 4 rings (SSSR count). The largest absolute Gasteiger partial charge is 0.448 e. The normalized spacial score (nSPS) is 11.8. The smallest absolute Gasteiger partial charge is 0.411 e. The number of carbonyl (C=O) groups is 1. The Bertz CT molecular complexity index is 1180. The Kier molecular flexibility index (Phi) is 6.93. The zero-order valence-electron chi connectivity index (χ0n) is 19.2. The molecular weight excluding hydrogens is 414 g/mol. The summed E-state index contributed by atoms with van der Waals surface area (Å²) in [7, 11) is 0. The Morgan fingerprint density at radius 2 is 1.76 bits per heavy atom. The molecule has 1 heterocycles. The van der Waals surface area contributed by atoms with Crippen LogP contribution in [0.4, 0.5) is 16.2 Å². The molecule has 6 heteroatoms. The van der Waals surface area contributed by atoms with E-state index in [0.717, 1.165) is 41.1 Å². The lowest BCUT2D eigenvalue weighted by atomic mass is 10.00. The van der Waals surface area contributed by atoms with Gasteiger partial charge in [0.1, 0.15) is 12.1 Å². The summed E-state index contributed by atoms with van der Waals surface area (Å²) in [6, 6.07) is 23.4. The van der Waals surface area contributed by atoms with Gasteiger partial charge in [0.2, 0.25) is 5.89 Å². The summed E-state index contributed by atoms with van der Waals surface area (Å²) in [5, 5.41) is 2.87. The molecule has 33 heavy (non-hydrogen) atoms. The Morgan fingerprint density at radius 1 is 1.03 bits per heavy atom. The number of aryl methyl sites for hydroxylation is 1. The number of hydrogen-bond acceptors (Lipinski definition) is 5. The molecular formula is C27H29N3O3. The number of fused-ring (bicyclic) bond motifs is 1. The minimum absolute atomic E-state index is 0.110. The average Bonchev–Trinajstić information content (AvgIpc) is 3.26. The number of nitrogens with one attached hydrogen (secondary N) is 1. The summed E-state index contributed by atoms with van der Waals surface area (Å²) >= 11 is 0. The highest BCUT2D eigenvalue weighted by Gasteiger charge is 2.22. The second kappa shape index (κ2) is 10.2. The maximum absolute atomic E-state index is 12.6. The van der Waals surface area contributed by atoms with E-state index in [4.69, 9.17) is 9.15 Å². The Balaban J connectivity index is 1.48. The third-order valence-electron chi connectivity index (χ3n) is 5.77. The van der Waals surface area contributed by atoms with Gasteiger partial charge in [-0.05, 0) is 62.2 Å². The first kappa shape index (κ1) is 22.4. The van der Waals surface area contributed by atoms with Crippen LogP contribution in [0.5, 0.6) is 0 Å². The zero-order valence-corrected chi connectivity index (χ0v) is 19.2. The van der Waals surface area contributed by atoms with E-state index in [1.807, 2.05) is 73.7 Å². The van der Waals surface area contributed by atoms with Crippen molar-refractivity contribution < 1.29 is 13.9 Å². The maximum Gasteiger partial charge on any atom is 0.411 e. The highest BCUT2D eigenvalue weighted by molar-refractivity contribution is 5.86. The van der Waals surface area contributed by atoms with Crippen molar-refractivity contribution in [2.75, 3.05) is 29.9 Å². The van der Waals surface area contributed by atoms with Gasteiger partial charge in [-0.3, -0.25) is 5.32 Å². The van der Waals surface area contributed by atoms with Gasteiger partial charge in [0.05, 0.1) is 5.92 Å². The van der Waals surface area contributed by atoms with E-state index in [1.54, 1.807) is 0 Å². The molecule has 4 aromatic rings. The fourth-order valence-electron chi connectivity index (χ4n) is 3.91. The molecule has 0 saturated carbocycles. The summed E-state index contributed by atoms with van der Waals surface area (Å²) in [5.41, 5.74) is 5.31. The first-order valence-corrected chi connectivity index (χ1v) is 11.3. The second-order valence-electron chi connectivity index (χ2n) is 7.88. The van der Waals surface area contributed by atoms with E-state index in [0.29, 0.717) is 11.5 Å². The quantitative estimate of drug-likeness (QED) is 0.343. The van der Waals surface area contributed by atoms with Crippen molar-refractivity contribution in [3.05, 3.63) is 89.8 Å². The molecule has 1 amide bonds. The van der Waals surface area contributed by atoms with Crippen LogP contribution < -0.4 is 10.2 Å². The van der Waals surface area contributed by atoms with Crippen LogP contribution in [0.15, 0.2) is 77.2 Å². The SMILES string of the molecule is CCN(CC)c1ccc(NC(=O)OCC(c2ccccc2)c2nc3ccccc3o2)c(C)c1. The van der Waals surface area contributed by atoms with Crippen LogP contribution >= 0.6 is 0 Å². The Morgan fingerprint density at radius 3 is 2.45 bits per heavy atom. The monoisotopic (exact) mass is 443 g/mol. The second-order valence-corrected chi connectivity index (χ2v) is 7.88. The third-order valence-corrected chi connectivity index (χ3v) is 5.77. The fourth-order valence-corrected chi connectivity index (χ4v) is 3.91. The number of nitrogens with zero attached hydrogens (tertiary/aromatic N) is 2. The van der Waals surface area contributed by atoms with Gasteiger partial charge in [0, 0.05) is 24.5 Å². The van der Waals surface area contributed by atoms with Crippen LogP contribution in [-0.4, -0.2) is 30.8 Å². The number of amides is 1. The number of hydrogen-bond donors (Lipinski definition) is 1. The van der Waals surface area contributed by atoms with Crippen LogP contribution in [0, 0.1) is 6.92 Å². The lowest BCUT2D eigenvalue weighted by Crippen LogP contribution is -2.22. The number of carbonyl (C=O) groups excluding carboxylic acids is 1. The minimum atomic E-state index is -0.509. The van der Waals surface area contributed by atoms with Gasteiger partial charge in [-0.2, -0.15) is 0 Å². The van der Waals surface area contributed by atoms with Crippen molar-refractivity contribution in [1.29, 1.82) is 0 Å². The topological polar surface area (TPSA) is 67.6 Å². The summed E-state index contributed by atoms with van der Waals surface area (Å²) in [4.78, 5) is 19.5. The van der Waals surface area contributed by atoms with E-state index in [1.165, 1.54) is 0 Å². The number of aromatic nitrogens is 1. The predicted octanol–water partition coefficient (Wildman–Crippen LogP) is 6.36. The Labute approximate surface area is 194 Å². The van der Waals surface area contributed by atoms with Gasteiger partial charge >= 0.3 is 6.09 Å². The number of rotatable bonds is 8. The molecule has 0 saturated heterocycles. The van der Waals surface area contributed by atoms with Crippen molar-refractivity contribution in [3.63, 3.8) is 0 Å². The van der Waals surface area contributed by atoms with E-state index < -0.39 is 6.09 Å². The number of oxazole rings is 1. The molecule has 6 nitrogen and oxygen atoms in total. The molecule has 3 aromatic carbocycles. The van der Waals surface area contributed by atoms with Crippen LogP contribution in [-0.2, 0) is 4.74 Å². The number of anilines is 2. The zero-order chi connectivity index (χ0) is 23.2. The lowest BCUT2D eigenvalue weighted by molar-refractivity contribution is 0.154. The number of ether oxygens (including phenoxy) is 1. The molecule has 0 bridgehead atoms. The first-order chi connectivity index (χ1) is 16.1. The molecule has 1 unspecified atom stereocenters. The van der Waals surface area contributed by atoms with E-state index in [9.17, 15) is 4.79 Å². The van der Waals surface area contributed by atoms with Crippen LogP contribution in [0.2, 0.25) is 0 Å². The number of para-hydroxylation sites is 2. The molecule has 0 aliphatic heterocycles. The summed E-state index contributed by atoms with van der Waals surface area (Å²) in [5.74, 6) is 0.213. The average molecular weight is 444 g/mol. The highest BCUT2D eigenvalue weighted by Crippen LogP contribution is 2.28. The minimum Gasteiger partial charge on any atom is -0.448 e. The molecule has 0 fully saturated rings. The maximum atomic E-state index is 12.6. The first-order valence-electron chi connectivity index (χ1n) is 11.3.